The minimum absolute atomic E-state index is 0.00302. The smallest absolute Gasteiger partial charge is 0.278 e. The van der Waals surface area contributed by atoms with Crippen LogP contribution in [0.3, 0.4) is 0 Å². The first-order chi connectivity index (χ1) is 11.6. The maximum absolute atomic E-state index is 13.1. The van der Waals surface area contributed by atoms with Gasteiger partial charge in [-0.1, -0.05) is 0 Å². The highest BCUT2D eigenvalue weighted by Gasteiger charge is 2.16. The predicted molar refractivity (Wildman–Crippen MR) is 86.5 cm³/mol. The van der Waals surface area contributed by atoms with E-state index in [-0.39, 0.29) is 22.9 Å². The molecule has 0 aliphatic rings. The summed E-state index contributed by atoms with van der Waals surface area (Å²) in [5.74, 6) is -0.492. The zero-order chi connectivity index (χ0) is 17.5. The van der Waals surface area contributed by atoms with Crippen LogP contribution in [0.4, 0.5) is 16.0 Å². The maximum atomic E-state index is 13.1. The lowest BCUT2D eigenvalue weighted by molar-refractivity contribution is -0.117. The Bertz CT molecular complexity index is 805. The Labute approximate surface area is 136 Å². The molecule has 24 heavy (non-hydrogen) atoms. The molecule has 0 unspecified atom stereocenters. The fourth-order valence-electron chi connectivity index (χ4n) is 1.83. The van der Waals surface area contributed by atoms with E-state index in [1.807, 2.05) is 0 Å². The second-order valence-electron chi connectivity index (χ2n) is 4.62. The van der Waals surface area contributed by atoms with E-state index in [0.717, 1.165) is 4.68 Å². The number of nitrogens with two attached hydrogens (primary N) is 1. The SMILES string of the molecule is CCN=Cc1c(N)c(CF)nn(CC(=O)Nc2ncccn2)c1=O. The second-order valence-corrected chi connectivity index (χ2v) is 4.62. The normalized spacial score (nSPS) is 10.9. The lowest BCUT2D eigenvalue weighted by Gasteiger charge is -2.10. The molecule has 0 aliphatic heterocycles. The highest BCUT2D eigenvalue weighted by molar-refractivity contribution is 5.89. The fraction of sp³-hybridized carbons (Fsp3) is 0.286. The van der Waals surface area contributed by atoms with Crippen LogP contribution in [-0.4, -0.2) is 38.4 Å². The Balaban J connectivity index is 2.31. The number of carbonyl (C=O) groups is 1. The van der Waals surface area contributed by atoms with Gasteiger partial charge in [-0.3, -0.25) is 19.9 Å². The maximum Gasteiger partial charge on any atom is 0.278 e. The molecule has 0 saturated carbocycles. The topological polar surface area (TPSA) is 128 Å². The van der Waals surface area contributed by atoms with Crippen LogP contribution in [0.25, 0.3) is 0 Å². The number of nitrogens with one attached hydrogen (secondary N) is 1. The van der Waals surface area contributed by atoms with Crippen LogP contribution in [0.5, 0.6) is 0 Å². The van der Waals surface area contributed by atoms with Crippen LogP contribution in [0.2, 0.25) is 0 Å². The molecule has 0 aliphatic carbocycles. The van der Waals surface area contributed by atoms with Crippen LogP contribution in [0, 0.1) is 0 Å². The third-order valence-electron chi connectivity index (χ3n) is 2.95. The summed E-state index contributed by atoms with van der Waals surface area (Å²) in [6.45, 7) is 0.799. The van der Waals surface area contributed by atoms with E-state index in [9.17, 15) is 14.0 Å². The number of hydrogen-bond donors (Lipinski definition) is 2. The van der Waals surface area contributed by atoms with E-state index in [0.29, 0.717) is 6.54 Å². The molecule has 9 nitrogen and oxygen atoms in total. The number of aliphatic imine (C=N–C) groups is 1. The first-order valence-corrected chi connectivity index (χ1v) is 7.09. The van der Waals surface area contributed by atoms with Gasteiger partial charge in [0.25, 0.3) is 5.56 Å². The van der Waals surface area contributed by atoms with Gasteiger partial charge in [-0.2, -0.15) is 5.10 Å². The molecule has 2 aromatic rings. The average molecular weight is 333 g/mol. The van der Waals surface area contributed by atoms with E-state index >= 15 is 0 Å². The van der Waals surface area contributed by atoms with Crippen LogP contribution in [0.15, 0.2) is 28.2 Å². The Morgan fingerprint density at radius 2 is 2.17 bits per heavy atom. The van der Waals surface area contributed by atoms with Gasteiger partial charge in [0.1, 0.15) is 18.9 Å². The van der Waals surface area contributed by atoms with E-state index in [4.69, 9.17) is 5.73 Å². The molecular weight excluding hydrogens is 317 g/mol. The average Bonchev–Trinajstić information content (AvgIpc) is 2.58. The number of aromatic nitrogens is 4. The Morgan fingerprint density at radius 3 is 2.79 bits per heavy atom. The van der Waals surface area contributed by atoms with Gasteiger partial charge in [-0.05, 0) is 13.0 Å². The summed E-state index contributed by atoms with van der Waals surface area (Å²) in [5.41, 5.74) is 4.89. The van der Waals surface area contributed by atoms with E-state index < -0.39 is 24.7 Å². The van der Waals surface area contributed by atoms with Crippen molar-refractivity contribution in [3.63, 3.8) is 0 Å². The summed E-state index contributed by atoms with van der Waals surface area (Å²) in [7, 11) is 0. The van der Waals surface area contributed by atoms with Crippen molar-refractivity contribution in [2.24, 2.45) is 4.99 Å². The second kappa shape index (κ2) is 7.90. The van der Waals surface area contributed by atoms with E-state index in [2.05, 4.69) is 25.4 Å². The fourth-order valence-corrected chi connectivity index (χ4v) is 1.83. The third kappa shape index (κ3) is 3.97. The molecule has 2 rings (SSSR count). The Hall–Kier alpha value is -3.17. The van der Waals surface area contributed by atoms with Crippen LogP contribution in [-0.2, 0) is 18.0 Å². The number of nitrogen functional groups attached to an aromatic ring is 1. The molecule has 0 saturated heterocycles. The van der Waals surface area contributed by atoms with Gasteiger partial charge in [-0.25, -0.2) is 19.0 Å². The minimum atomic E-state index is -0.970. The summed E-state index contributed by atoms with van der Waals surface area (Å²) < 4.78 is 13.9. The lowest BCUT2D eigenvalue weighted by Crippen LogP contribution is -2.33. The van der Waals surface area contributed by atoms with Crippen molar-refractivity contribution < 1.29 is 9.18 Å². The van der Waals surface area contributed by atoms with Gasteiger partial charge in [0.2, 0.25) is 11.9 Å². The molecule has 0 fully saturated rings. The van der Waals surface area contributed by atoms with Crippen LogP contribution in [0.1, 0.15) is 18.2 Å². The zero-order valence-electron chi connectivity index (χ0n) is 12.9. The number of hydrogen-bond acceptors (Lipinski definition) is 7. The van der Waals surface area contributed by atoms with Crippen LogP contribution < -0.4 is 16.6 Å². The Morgan fingerprint density at radius 1 is 1.46 bits per heavy atom. The number of carbonyl (C=O) groups excluding carboxylic acids is 1. The number of halogens is 1. The highest BCUT2D eigenvalue weighted by atomic mass is 19.1. The standard InChI is InChI=1S/C14H16FN7O2/c1-2-17-7-9-12(16)10(6-15)21-22(13(9)24)8-11(23)20-14-18-4-3-5-19-14/h3-5,7H,2,6,8,16H2,1H3,(H,18,19,20,23). The number of rotatable bonds is 6. The molecule has 0 aromatic carbocycles. The first kappa shape index (κ1) is 17.2. The van der Waals surface area contributed by atoms with E-state index in [1.165, 1.54) is 18.6 Å². The van der Waals surface area contributed by atoms with Crippen LogP contribution >= 0.6 is 0 Å². The summed E-state index contributed by atoms with van der Waals surface area (Å²) >= 11 is 0. The number of alkyl halides is 1. The molecule has 2 aromatic heterocycles. The summed E-state index contributed by atoms with van der Waals surface area (Å²) in [5, 5.41) is 6.19. The van der Waals surface area contributed by atoms with Crippen molar-refractivity contribution in [3.8, 4) is 0 Å². The molecule has 0 bridgehead atoms. The molecule has 0 spiro atoms. The van der Waals surface area contributed by atoms with E-state index in [1.54, 1.807) is 13.0 Å². The van der Waals surface area contributed by atoms with Gasteiger partial charge in [0.05, 0.1) is 11.3 Å². The monoisotopic (exact) mass is 333 g/mol. The number of nitrogens with zero attached hydrogens (tertiary/aromatic N) is 5. The molecule has 1 amide bonds. The number of amides is 1. The predicted octanol–water partition coefficient (Wildman–Crippen LogP) is 0.162. The first-order valence-electron chi connectivity index (χ1n) is 7.09. The van der Waals surface area contributed by atoms with Crippen molar-refractivity contribution in [1.82, 2.24) is 19.7 Å². The number of anilines is 2. The van der Waals surface area contributed by atoms with Crippen molar-refractivity contribution in [1.29, 1.82) is 0 Å². The van der Waals surface area contributed by atoms with Gasteiger partial charge in [-0.15, -0.1) is 0 Å². The quantitative estimate of drug-likeness (QED) is 0.725. The third-order valence-corrected chi connectivity index (χ3v) is 2.95. The van der Waals surface area contributed by atoms with Crippen molar-refractivity contribution in [2.45, 2.75) is 20.1 Å². The molecule has 126 valence electrons. The zero-order valence-corrected chi connectivity index (χ0v) is 12.9. The Kier molecular flexibility index (Phi) is 5.66. The molecule has 2 heterocycles. The summed E-state index contributed by atoms with van der Waals surface area (Å²) in [4.78, 5) is 36.0. The summed E-state index contributed by atoms with van der Waals surface area (Å²) in [6, 6.07) is 1.59. The van der Waals surface area contributed by atoms with Crippen molar-refractivity contribution in [2.75, 3.05) is 17.6 Å². The van der Waals surface area contributed by atoms with Gasteiger partial charge in [0.15, 0.2) is 0 Å². The van der Waals surface area contributed by atoms with Crippen molar-refractivity contribution >= 4 is 23.8 Å². The minimum Gasteiger partial charge on any atom is -0.396 e. The highest BCUT2D eigenvalue weighted by Crippen LogP contribution is 2.11. The molecule has 10 heteroatoms. The largest absolute Gasteiger partial charge is 0.396 e. The molecule has 0 atom stereocenters. The van der Waals surface area contributed by atoms with Gasteiger partial charge < -0.3 is 5.73 Å². The lowest BCUT2D eigenvalue weighted by atomic mass is 10.2. The summed E-state index contributed by atoms with van der Waals surface area (Å²) in [6.07, 6.45) is 4.17. The van der Waals surface area contributed by atoms with Gasteiger partial charge >= 0.3 is 0 Å². The van der Waals surface area contributed by atoms with Gasteiger partial charge in [0, 0.05) is 25.2 Å². The van der Waals surface area contributed by atoms with Crippen molar-refractivity contribution in [3.05, 3.63) is 40.1 Å². The molecule has 0 radical (unpaired) electrons. The molecular formula is C14H16FN7O2. The molecule has 3 N–H and O–H groups in total.